The zero-order valence-electron chi connectivity index (χ0n) is 16.5. The Balaban J connectivity index is 1.50. The van der Waals surface area contributed by atoms with E-state index in [1.54, 1.807) is 18.2 Å². The Bertz CT molecular complexity index is 1230. The predicted molar refractivity (Wildman–Crippen MR) is 114 cm³/mol. The quantitative estimate of drug-likeness (QED) is 0.396. The van der Waals surface area contributed by atoms with Crippen molar-refractivity contribution in [2.75, 3.05) is 5.32 Å². The van der Waals surface area contributed by atoms with Crippen LogP contribution in [-0.4, -0.2) is 29.1 Å². The lowest BCUT2D eigenvalue weighted by atomic mass is 10.1. The molecule has 3 N–H and O–H groups in total. The van der Waals surface area contributed by atoms with Gasteiger partial charge < -0.3 is 14.8 Å². The largest absolute Gasteiger partial charge is 0.478 e. The number of nitrogens with one attached hydrogen (secondary N) is 2. The lowest BCUT2D eigenvalue weighted by Crippen LogP contribution is -2.21. The molecule has 158 valence electrons. The van der Waals surface area contributed by atoms with Gasteiger partial charge in [0.1, 0.15) is 11.8 Å². The second-order valence-electron chi connectivity index (χ2n) is 6.74. The third-order valence-electron chi connectivity index (χ3n) is 4.34. The Morgan fingerprint density at radius 1 is 1.06 bits per heavy atom. The Labute approximate surface area is 176 Å². The normalized spacial score (nSPS) is 10.9. The highest BCUT2D eigenvalue weighted by Crippen LogP contribution is 2.13. The molecule has 0 unspecified atom stereocenters. The van der Waals surface area contributed by atoms with Crippen LogP contribution in [0.4, 0.5) is 5.69 Å². The van der Waals surface area contributed by atoms with Crippen LogP contribution in [0.3, 0.4) is 0 Å². The van der Waals surface area contributed by atoms with Crippen molar-refractivity contribution in [3.05, 3.63) is 75.6 Å². The van der Waals surface area contributed by atoms with Crippen molar-refractivity contribution in [1.29, 1.82) is 0 Å². The number of fused-ring (bicyclic) bond motifs is 1. The number of nitrogens with zero attached hydrogens (tertiary/aromatic N) is 1. The van der Waals surface area contributed by atoms with Crippen molar-refractivity contribution in [2.45, 2.75) is 19.8 Å². The van der Waals surface area contributed by atoms with E-state index in [9.17, 15) is 19.2 Å². The van der Waals surface area contributed by atoms with E-state index in [0.29, 0.717) is 16.7 Å². The smallest absolute Gasteiger partial charge is 0.335 e. The highest BCUT2D eigenvalue weighted by atomic mass is 16.4. The molecule has 3 rings (SSSR count). The maximum Gasteiger partial charge on any atom is 0.335 e. The molecule has 2 amide bonds. The summed E-state index contributed by atoms with van der Waals surface area (Å²) in [5.74, 6) is -1.98. The molecule has 0 saturated heterocycles. The summed E-state index contributed by atoms with van der Waals surface area (Å²) < 4.78 is 5.43. The summed E-state index contributed by atoms with van der Waals surface area (Å²) in [7, 11) is 0. The number of carboxylic acids is 1. The zero-order chi connectivity index (χ0) is 22.4. The number of carbonyl (C=O) groups excluding carboxylic acids is 2. The van der Waals surface area contributed by atoms with Crippen LogP contribution in [0.2, 0.25) is 0 Å². The lowest BCUT2D eigenvalue weighted by molar-refractivity contribution is -0.124. The van der Waals surface area contributed by atoms with Crippen molar-refractivity contribution >= 4 is 40.7 Å². The lowest BCUT2D eigenvalue weighted by Gasteiger charge is -2.05. The number of amides is 2. The van der Waals surface area contributed by atoms with E-state index in [0.717, 1.165) is 5.56 Å². The van der Waals surface area contributed by atoms with Crippen LogP contribution in [0, 0.1) is 6.92 Å². The minimum Gasteiger partial charge on any atom is -0.478 e. The molecule has 0 aliphatic heterocycles. The molecule has 0 aliphatic rings. The molecule has 9 nitrogen and oxygen atoms in total. The second-order valence-corrected chi connectivity index (χ2v) is 6.74. The number of carboxylic acid groups (broad SMARTS) is 1. The molecular formula is C22H19N3O6. The van der Waals surface area contributed by atoms with Crippen molar-refractivity contribution < 1.29 is 23.9 Å². The molecule has 1 heterocycles. The molecule has 0 fully saturated rings. The van der Waals surface area contributed by atoms with E-state index >= 15 is 0 Å². The molecule has 3 aromatic rings. The highest BCUT2D eigenvalue weighted by molar-refractivity contribution is 5.94. The number of aryl methyl sites for hydroxylation is 1. The van der Waals surface area contributed by atoms with Crippen LogP contribution >= 0.6 is 0 Å². The second kappa shape index (κ2) is 9.49. The van der Waals surface area contributed by atoms with E-state index in [1.807, 2.05) is 6.92 Å². The van der Waals surface area contributed by atoms with Gasteiger partial charge in [0.05, 0.1) is 22.7 Å². The Morgan fingerprint density at radius 3 is 2.48 bits per heavy atom. The van der Waals surface area contributed by atoms with Gasteiger partial charge in [-0.1, -0.05) is 6.07 Å². The summed E-state index contributed by atoms with van der Waals surface area (Å²) in [6.07, 6.45) is 2.23. The molecule has 1 aromatic heterocycles. The van der Waals surface area contributed by atoms with Crippen LogP contribution in [0.15, 0.2) is 63.0 Å². The molecule has 9 heteroatoms. The van der Waals surface area contributed by atoms with Gasteiger partial charge in [-0.15, -0.1) is 0 Å². The highest BCUT2D eigenvalue weighted by Gasteiger charge is 2.09. The summed E-state index contributed by atoms with van der Waals surface area (Å²) in [6.45, 7) is 1.89. The monoisotopic (exact) mass is 421 g/mol. The first kappa shape index (κ1) is 21.4. The van der Waals surface area contributed by atoms with E-state index < -0.39 is 17.8 Å². The van der Waals surface area contributed by atoms with Gasteiger partial charge >= 0.3 is 5.97 Å². The molecule has 0 atom stereocenters. The molecule has 0 aliphatic carbocycles. The van der Waals surface area contributed by atoms with Crippen LogP contribution in [-0.2, 0) is 9.59 Å². The van der Waals surface area contributed by atoms with Gasteiger partial charge in [-0.25, -0.2) is 10.2 Å². The van der Waals surface area contributed by atoms with Crippen molar-refractivity contribution in [1.82, 2.24) is 5.43 Å². The summed E-state index contributed by atoms with van der Waals surface area (Å²) in [6, 6.07) is 10.9. The molecule has 31 heavy (non-hydrogen) atoms. The number of hydrogen-bond acceptors (Lipinski definition) is 6. The number of benzene rings is 2. The number of aromatic carboxylic acids is 1. The molecule has 2 aromatic carbocycles. The topological polar surface area (TPSA) is 138 Å². The first-order chi connectivity index (χ1) is 14.8. The van der Waals surface area contributed by atoms with Crippen LogP contribution in [0.25, 0.3) is 11.0 Å². The Kier molecular flexibility index (Phi) is 6.56. The van der Waals surface area contributed by atoms with Crippen LogP contribution < -0.4 is 16.2 Å². The van der Waals surface area contributed by atoms with Gasteiger partial charge in [-0.05, 0) is 48.9 Å². The molecule has 0 bridgehead atoms. The van der Waals surface area contributed by atoms with E-state index in [4.69, 9.17) is 9.52 Å². The van der Waals surface area contributed by atoms with E-state index in [2.05, 4.69) is 15.8 Å². The summed E-state index contributed by atoms with van der Waals surface area (Å²) in [5, 5.41) is 15.6. The summed E-state index contributed by atoms with van der Waals surface area (Å²) >= 11 is 0. The van der Waals surface area contributed by atoms with Gasteiger partial charge in [-0.2, -0.15) is 5.10 Å². The third kappa shape index (κ3) is 5.63. The van der Waals surface area contributed by atoms with Crippen molar-refractivity contribution in [3.63, 3.8) is 0 Å². The molecule has 0 radical (unpaired) electrons. The van der Waals surface area contributed by atoms with Crippen molar-refractivity contribution in [3.8, 4) is 0 Å². The van der Waals surface area contributed by atoms with E-state index in [-0.39, 0.29) is 29.4 Å². The Morgan fingerprint density at radius 2 is 1.77 bits per heavy atom. The number of rotatable bonds is 7. The fraction of sp³-hybridized carbons (Fsp3) is 0.136. The number of hydrazone groups is 1. The summed E-state index contributed by atoms with van der Waals surface area (Å²) in [4.78, 5) is 47.0. The SMILES string of the molecule is Cc1ccc2c(=O)c(/C=N\NC(=O)CCC(=O)Nc3ccc(C(=O)O)cc3)coc2c1. The van der Waals surface area contributed by atoms with Gasteiger partial charge in [0.25, 0.3) is 0 Å². The van der Waals surface area contributed by atoms with E-state index in [1.165, 1.54) is 36.7 Å². The average Bonchev–Trinajstić information content (AvgIpc) is 2.74. The molecule has 0 spiro atoms. The minimum absolute atomic E-state index is 0.0977. The first-order valence-electron chi connectivity index (χ1n) is 9.31. The maximum atomic E-state index is 12.4. The van der Waals surface area contributed by atoms with Gasteiger partial charge in [0.15, 0.2) is 0 Å². The summed E-state index contributed by atoms with van der Waals surface area (Å²) in [5.41, 5.74) is 4.12. The number of hydrogen-bond donors (Lipinski definition) is 3. The number of anilines is 1. The third-order valence-corrected chi connectivity index (χ3v) is 4.34. The van der Waals surface area contributed by atoms with Gasteiger partial charge in [-0.3, -0.25) is 14.4 Å². The molecular weight excluding hydrogens is 402 g/mol. The maximum absolute atomic E-state index is 12.4. The number of carbonyl (C=O) groups is 3. The average molecular weight is 421 g/mol. The molecule has 0 saturated carbocycles. The van der Waals surface area contributed by atoms with Gasteiger partial charge in [0, 0.05) is 18.5 Å². The minimum atomic E-state index is -1.06. The fourth-order valence-corrected chi connectivity index (χ4v) is 2.72. The van der Waals surface area contributed by atoms with Crippen LogP contribution in [0.1, 0.15) is 34.3 Å². The van der Waals surface area contributed by atoms with Crippen LogP contribution in [0.5, 0.6) is 0 Å². The first-order valence-corrected chi connectivity index (χ1v) is 9.31. The Hall–Kier alpha value is -4.27. The van der Waals surface area contributed by atoms with Gasteiger partial charge in [0.2, 0.25) is 17.2 Å². The fourth-order valence-electron chi connectivity index (χ4n) is 2.72. The predicted octanol–water partition coefficient (Wildman–Crippen LogP) is 2.67. The van der Waals surface area contributed by atoms with Crippen molar-refractivity contribution in [2.24, 2.45) is 5.10 Å². The zero-order valence-corrected chi connectivity index (χ0v) is 16.5. The standard InChI is InChI=1S/C22H19N3O6/c1-13-2-7-17-18(10-13)31-12-15(21(17)28)11-23-25-20(27)9-8-19(26)24-16-5-3-14(4-6-16)22(29)30/h2-7,10-12H,8-9H2,1H3,(H,24,26)(H,25,27)(H,29,30)/b23-11-.